The third kappa shape index (κ3) is 6.47. The number of thiophene rings is 1. The molecule has 5 nitrogen and oxygen atoms in total. The number of hydrogen-bond donors (Lipinski definition) is 2. The number of halogens is 1. The fourth-order valence-electron chi connectivity index (χ4n) is 2.90. The van der Waals surface area contributed by atoms with Gasteiger partial charge in [-0.25, -0.2) is 4.98 Å². The van der Waals surface area contributed by atoms with Gasteiger partial charge in [0.25, 0.3) is 0 Å². The lowest BCUT2D eigenvalue weighted by atomic mass is 10.1. The lowest BCUT2D eigenvalue weighted by Crippen LogP contribution is -2.42. The van der Waals surface area contributed by atoms with Gasteiger partial charge >= 0.3 is 0 Å². The van der Waals surface area contributed by atoms with Crippen molar-refractivity contribution < 1.29 is 0 Å². The summed E-state index contributed by atoms with van der Waals surface area (Å²) in [6.45, 7) is 12.2. The van der Waals surface area contributed by atoms with E-state index in [0.29, 0.717) is 6.04 Å². The van der Waals surface area contributed by atoms with Crippen LogP contribution in [0.1, 0.15) is 41.0 Å². The number of aryl methyl sites for hydroxylation is 2. The lowest BCUT2D eigenvalue weighted by molar-refractivity contribution is 0.219. The molecule has 2 aromatic rings. The number of guanidine groups is 1. The summed E-state index contributed by atoms with van der Waals surface area (Å²) in [5, 5.41) is 12.4. The first kappa shape index (κ1) is 23.3. The van der Waals surface area contributed by atoms with Crippen molar-refractivity contribution in [3.05, 3.63) is 38.0 Å². The smallest absolute Gasteiger partial charge is 0.191 e. The number of likely N-dealkylation sites (N-methyl/N-ethyl adjacent to an activating group) is 1. The second-order valence-corrected chi connectivity index (χ2v) is 7.91. The first-order valence-electron chi connectivity index (χ1n) is 8.72. The maximum absolute atomic E-state index is 4.48. The van der Waals surface area contributed by atoms with E-state index in [4.69, 9.17) is 0 Å². The average molecular weight is 508 g/mol. The molecule has 0 saturated heterocycles. The van der Waals surface area contributed by atoms with Gasteiger partial charge in [-0.2, -0.15) is 11.3 Å². The van der Waals surface area contributed by atoms with Crippen LogP contribution in [0, 0.1) is 13.8 Å². The molecule has 0 radical (unpaired) electrons. The zero-order chi connectivity index (χ0) is 18.2. The highest BCUT2D eigenvalue weighted by Gasteiger charge is 2.18. The number of aromatic nitrogens is 1. The molecule has 146 valence electrons. The van der Waals surface area contributed by atoms with Gasteiger partial charge in [0.2, 0.25) is 0 Å². The molecule has 8 heteroatoms. The van der Waals surface area contributed by atoms with Crippen LogP contribution in [0.4, 0.5) is 0 Å². The van der Waals surface area contributed by atoms with Crippen molar-refractivity contribution in [1.82, 2.24) is 20.5 Å². The van der Waals surface area contributed by atoms with Crippen LogP contribution in [0.3, 0.4) is 0 Å². The van der Waals surface area contributed by atoms with E-state index in [9.17, 15) is 0 Å². The van der Waals surface area contributed by atoms with E-state index in [1.165, 1.54) is 10.4 Å². The molecule has 0 aliphatic carbocycles. The Labute approximate surface area is 182 Å². The van der Waals surface area contributed by atoms with Crippen molar-refractivity contribution in [2.75, 3.05) is 26.7 Å². The van der Waals surface area contributed by atoms with Crippen molar-refractivity contribution in [1.29, 1.82) is 0 Å². The van der Waals surface area contributed by atoms with Crippen LogP contribution in [0.15, 0.2) is 21.8 Å². The molecule has 0 fully saturated rings. The first-order valence-corrected chi connectivity index (χ1v) is 10.5. The van der Waals surface area contributed by atoms with E-state index in [1.54, 1.807) is 22.7 Å². The number of thiazole rings is 1. The summed E-state index contributed by atoms with van der Waals surface area (Å²) in [5.74, 6) is 0.831. The monoisotopic (exact) mass is 507 g/mol. The topological polar surface area (TPSA) is 52.5 Å². The van der Waals surface area contributed by atoms with E-state index in [-0.39, 0.29) is 24.0 Å². The summed E-state index contributed by atoms with van der Waals surface area (Å²) in [4.78, 5) is 12.6. The van der Waals surface area contributed by atoms with E-state index < -0.39 is 0 Å². The van der Waals surface area contributed by atoms with Gasteiger partial charge in [-0.1, -0.05) is 13.8 Å². The Morgan fingerprint density at radius 3 is 2.50 bits per heavy atom. The summed E-state index contributed by atoms with van der Waals surface area (Å²) in [5.41, 5.74) is 2.47. The van der Waals surface area contributed by atoms with Crippen LogP contribution in [-0.4, -0.2) is 42.5 Å². The molecular weight excluding hydrogens is 477 g/mol. The molecule has 0 bridgehead atoms. The van der Waals surface area contributed by atoms with Gasteiger partial charge in [0.1, 0.15) is 0 Å². The normalized spacial score (nSPS) is 12.8. The van der Waals surface area contributed by atoms with Gasteiger partial charge in [-0.3, -0.25) is 9.89 Å². The summed E-state index contributed by atoms with van der Waals surface area (Å²) >= 11 is 3.49. The predicted molar refractivity (Wildman–Crippen MR) is 125 cm³/mol. The van der Waals surface area contributed by atoms with Gasteiger partial charge in [0, 0.05) is 18.5 Å². The van der Waals surface area contributed by atoms with Crippen LogP contribution >= 0.6 is 46.7 Å². The number of rotatable bonds is 8. The zero-order valence-corrected chi connectivity index (χ0v) is 20.2. The Morgan fingerprint density at radius 1 is 1.27 bits per heavy atom. The molecule has 2 N–H and O–H groups in total. The van der Waals surface area contributed by atoms with E-state index >= 15 is 0 Å². The molecule has 1 atom stereocenters. The Balaban J connectivity index is 0.00000338. The quantitative estimate of drug-likeness (QED) is 0.320. The van der Waals surface area contributed by atoms with Crippen LogP contribution in [0.5, 0.6) is 0 Å². The summed E-state index contributed by atoms with van der Waals surface area (Å²) < 4.78 is 0. The number of nitrogens with zero attached hydrogens (tertiary/aromatic N) is 3. The molecule has 2 heterocycles. The van der Waals surface area contributed by atoms with Gasteiger partial charge in [-0.15, -0.1) is 35.3 Å². The first-order chi connectivity index (χ1) is 12.1. The molecular formula is C18H30IN5S2. The van der Waals surface area contributed by atoms with Gasteiger partial charge in [0.05, 0.1) is 23.3 Å². The molecule has 0 aromatic carbocycles. The maximum atomic E-state index is 4.48. The Hall–Kier alpha value is -0.710. The fraction of sp³-hybridized carbons (Fsp3) is 0.556. The second kappa shape index (κ2) is 11.9. The minimum Gasteiger partial charge on any atom is -0.354 e. The fourth-order valence-corrected chi connectivity index (χ4v) is 4.49. The lowest BCUT2D eigenvalue weighted by Gasteiger charge is -2.30. The molecule has 0 aliphatic rings. The SMILES string of the molecule is CCN(CC)C(CNC(=NC)NCc1sc(C)nc1C)c1ccsc1.I. The number of hydrogen-bond acceptors (Lipinski definition) is 5. The number of aliphatic imine (C=N–C) groups is 1. The van der Waals surface area contributed by atoms with Crippen LogP contribution < -0.4 is 10.6 Å². The summed E-state index contributed by atoms with van der Waals surface area (Å²) in [6, 6.07) is 2.57. The van der Waals surface area contributed by atoms with E-state index in [1.807, 2.05) is 14.0 Å². The average Bonchev–Trinajstić information content (AvgIpc) is 3.23. The highest BCUT2D eigenvalue weighted by molar-refractivity contribution is 14.0. The van der Waals surface area contributed by atoms with Crippen molar-refractivity contribution in [3.8, 4) is 0 Å². The largest absolute Gasteiger partial charge is 0.354 e. The predicted octanol–water partition coefficient (Wildman–Crippen LogP) is 4.19. The van der Waals surface area contributed by atoms with Crippen molar-refractivity contribution in [3.63, 3.8) is 0 Å². The molecule has 0 aliphatic heterocycles. The number of nitrogens with one attached hydrogen (secondary N) is 2. The highest BCUT2D eigenvalue weighted by atomic mass is 127. The second-order valence-electron chi connectivity index (χ2n) is 5.84. The minimum absolute atomic E-state index is 0. The zero-order valence-electron chi connectivity index (χ0n) is 16.2. The summed E-state index contributed by atoms with van der Waals surface area (Å²) in [7, 11) is 1.82. The van der Waals surface area contributed by atoms with Crippen LogP contribution in [-0.2, 0) is 6.54 Å². The molecule has 1 unspecified atom stereocenters. The van der Waals surface area contributed by atoms with Crippen LogP contribution in [0.2, 0.25) is 0 Å². The standard InChI is InChI=1S/C18H29N5S2.HI/c1-6-23(7-2)16(15-8-9-24-12-15)10-20-18(19-5)21-11-17-13(3)22-14(4)25-17;/h8-9,12,16H,6-7,10-11H2,1-5H3,(H2,19,20,21);1H. The van der Waals surface area contributed by atoms with Gasteiger partial charge in [-0.05, 0) is 49.3 Å². The molecule has 0 amide bonds. The van der Waals surface area contributed by atoms with Crippen molar-refractivity contribution >= 4 is 52.6 Å². The highest BCUT2D eigenvalue weighted by Crippen LogP contribution is 2.22. The molecule has 2 aromatic heterocycles. The van der Waals surface area contributed by atoms with Crippen molar-refractivity contribution in [2.45, 2.75) is 40.3 Å². The maximum Gasteiger partial charge on any atom is 0.191 e. The third-order valence-corrected chi connectivity index (χ3v) is 6.06. The Morgan fingerprint density at radius 2 is 2.00 bits per heavy atom. The Bertz CT molecular complexity index is 665. The Kier molecular flexibility index (Phi) is 10.7. The van der Waals surface area contributed by atoms with Gasteiger partial charge in [0.15, 0.2) is 5.96 Å². The van der Waals surface area contributed by atoms with Crippen molar-refractivity contribution in [2.24, 2.45) is 4.99 Å². The molecule has 2 rings (SSSR count). The van der Waals surface area contributed by atoms with E-state index in [2.05, 4.69) is 63.1 Å². The summed E-state index contributed by atoms with van der Waals surface area (Å²) in [6.07, 6.45) is 0. The minimum atomic E-state index is 0. The molecule has 0 saturated carbocycles. The third-order valence-electron chi connectivity index (χ3n) is 4.28. The molecule has 26 heavy (non-hydrogen) atoms. The van der Waals surface area contributed by atoms with E-state index in [0.717, 1.165) is 42.8 Å². The van der Waals surface area contributed by atoms with Gasteiger partial charge < -0.3 is 10.6 Å². The molecule has 0 spiro atoms. The van der Waals surface area contributed by atoms with Crippen LogP contribution in [0.25, 0.3) is 0 Å².